The molecule has 3 aromatic rings. The lowest BCUT2D eigenvalue weighted by Crippen LogP contribution is -2.39. The molecule has 2 aromatic heterocycles. The third-order valence-electron chi connectivity index (χ3n) is 5.33. The van der Waals surface area contributed by atoms with Crippen LogP contribution in [0.3, 0.4) is 0 Å². The van der Waals surface area contributed by atoms with E-state index in [9.17, 15) is 14.9 Å². The van der Waals surface area contributed by atoms with E-state index in [4.69, 9.17) is 14.5 Å². The van der Waals surface area contributed by atoms with Gasteiger partial charge in [-0.25, -0.2) is 4.98 Å². The number of amides is 1. The van der Waals surface area contributed by atoms with Crippen molar-refractivity contribution in [3.8, 4) is 5.75 Å². The number of carbonyl (C=O) groups excluding carboxylic acids is 1. The quantitative estimate of drug-likeness (QED) is 0.359. The summed E-state index contributed by atoms with van der Waals surface area (Å²) in [6.07, 6.45) is 0.755. The number of morpholine rings is 1. The first-order chi connectivity index (χ1) is 15.5. The fraction of sp³-hybridized carbons (Fsp3) is 0.429. The lowest BCUT2D eigenvalue weighted by atomic mass is 10.2. The summed E-state index contributed by atoms with van der Waals surface area (Å²) < 4.78 is 11.8. The second-order valence-corrected chi connectivity index (χ2v) is 9.46. The topological polar surface area (TPSA) is 98.0 Å². The molecule has 0 aliphatic carbocycles. The molecule has 0 bridgehead atoms. The molecule has 0 atom stereocenters. The number of aryl methyl sites for hydroxylation is 1. The molecule has 32 heavy (non-hydrogen) atoms. The number of methoxy groups -OCH3 is 1. The maximum absolute atomic E-state index is 13.4. The van der Waals surface area contributed by atoms with E-state index < -0.39 is 4.92 Å². The highest BCUT2D eigenvalue weighted by Gasteiger charge is 2.26. The van der Waals surface area contributed by atoms with Crippen LogP contribution >= 0.6 is 22.7 Å². The number of hydrogen-bond donors (Lipinski definition) is 0. The Kier molecular flexibility index (Phi) is 6.99. The van der Waals surface area contributed by atoms with E-state index in [-0.39, 0.29) is 10.9 Å². The maximum atomic E-state index is 13.4. The predicted molar refractivity (Wildman–Crippen MR) is 125 cm³/mol. The molecular weight excluding hydrogens is 452 g/mol. The molecule has 0 spiro atoms. The minimum Gasteiger partial charge on any atom is -0.494 e. The van der Waals surface area contributed by atoms with Gasteiger partial charge in [-0.1, -0.05) is 28.7 Å². The second-order valence-electron chi connectivity index (χ2n) is 7.42. The van der Waals surface area contributed by atoms with Gasteiger partial charge in [-0.15, -0.1) is 0 Å². The van der Waals surface area contributed by atoms with Gasteiger partial charge in [0.2, 0.25) is 0 Å². The number of anilines is 1. The number of aromatic nitrogens is 1. The van der Waals surface area contributed by atoms with E-state index in [1.54, 1.807) is 12.0 Å². The van der Waals surface area contributed by atoms with Crippen molar-refractivity contribution in [3.63, 3.8) is 0 Å². The molecule has 0 radical (unpaired) electrons. The Balaban J connectivity index is 1.63. The molecule has 170 valence electrons. The SMILES string of the molecule is COc1ccc(C)c2sc(N(CCCN3CCOCC3)C(=O)c3ccc([N+](=O)[O-])s3)nc12. The van der Waals surface area contributed by atoms with Crippen molar-refractivity contribution in [2.24, 2.45) is 0 Å². The highest BCUT2D eigenvalue weighted by molar-refractivity contribution is 7.22. The molecule has 0 N–H and O–H groups in total. The number of fused-ring (bicyclic) bond motifs is 1. The van der Waals surface area contributed by atoms with Gasteiger partial charge in [-0.05, 0) is 31.0 Å². The van der Waals surface area contributed by atoms with Crippen molar-refractivity contribution in [2.75, 3.05) is 51.4 Å². The van der Waals surface area contributed by atoms with E-state index in [1.165, 1.54) is 23.5 Å². The summed E-state index contributed by atoms with van der Waals surface area (Å²) in [5.41, 5.74) is 1.77. The molecular formula is C21H24N4O5S2. The molecule has 1 amide bonds. The molecule has 9 nitrogen and oxygen atoms in total. The zero-order chi connectivity index (χ0) is 22.7. The van der Waals surface area contributed by atoms with E-state index in [0.29, 0.717) is 22.3 Å². The molecule has 11 heteroatoms. The highest BCUT2D eigenvalue weighted by Crippen LogP contribution is 2.37. The smallest absolute Gasteiger partial charge is 0.324 e. The Morgan fingerprint density at radius 2 is 2.06 bits per heavy atom. The second kappa shape index (κ2) is 9.90. The van der Waals surface area contributed by atoms with E-state index in [0.717, 1.165) is 66.4 Å². The predicted octanol–water partition coefficient (Wildman–Crippen LogP) is 3.95. The van der Waals surface area contributed by atoms with Gasteiger partial charge in [0.1, 0.15) is 11.3 Å². The van der Waals surface area contributed by atoms with Crippen molar-refractivity contribution in [1.82, 2.24) is 9.88 Å². The lowest BCUT2D eigenvalue weighted by molar-refractivity contribution is -0.380. The summed E-state index contributed by atoms with van der Waals surface area (Å²) in [4.78, 5) is 33.0. The molecule has 1 fully saturated rings. The van der Waals surface area contributed by atoms with E-state index in [1.807, 2.05) is 19.1 Å². The number of ether oxygens (including phenoxy) is 2. The van der Waals surface area contributed by atoms with Crippen molar-refractivity contribution in [3.05, 3.63) is 44.8 Å². The third kappa shape index (κ3) is 4.75. The van der Waals surface area contributed by atoms with Crippen LogP contribution in [0.1, 0.15) is 21.7 Å². The van der Waals surface area contributed by atoms with E-state index in [2.05, 4.69) is 4.90 Å². The largest absolute Gasteiger partial charge is 0.494 e. The van der Waals surface area contributed by atoms with Gasteiger partial charge < -0.3 is 9.47 Å². The van der Waals surface area contributed by atoms with Gasteiger partial charge in [-0.3, -0.25) is 24.7 Å². The summed E-state index contributed by atoms with van der Waals surface area (Å²) in [7, 11) is 1.60. The Bertz CT molecular complexity index is 1120. The number of thiophene rings is 1. The average Bonchev–Trinajstić information content (AvgIpc) is 3.46. The maximum Gasteiger partial charge on any atom is 0.324 e. The molecule has 3 heterocycles. The average molecular weight is 477 g/mol. The Labute approximate surface area is 193 Å². The first-order valence-electron chi connectivity index (χ1n) is 10.3. The molecule has 1 aliphatic rings. The number of benzene rings is 1. The van der Waals surface area contributed by atoms with E-state index >= 15 is 0 Å². The van der Waals surface area contributed by atoms with Crippen LogP contribution in [0.5, 0.6) is 5.75 Å². The molecule has 1 aliphatic heterocycles. The van der Waals surface area contributed by atoms with Gasteiger partial charge in [0, 0.05) is 32.2 Å². The lowest BCUT2D eigenvalue weighted by Gasteiger charge is -2.27. The number of nitro groups is 1. The van der Waals surface area contributed by atoms with Crippen molar-refractivity contribution in [2.45, 2.75) is 13.3 Å². The van der Waals surface area contributed by atoms with Crippen LogP contribution in [0.4, 0.5) is 10.1 Å². The standard InChI is InChI=1S/C21H24N4O5S2/c1-14-4-5-15(29-2)18-19(14)32-21(22-18)24(9-3-8-23-10-12-30-13-11-23)20(26)16-6-7-17(31-16)25(27)28/h4-7H,3,8-13H2,1-2H3. The first-order valence-corrected chi connectivity index (χ1v) is 11.9. The fourth-order valence-electron chi connectivity index (χ4n) is 3.61. The zero-order valence-electron chi connectivity index (χ0n) is 17.9. The summed E-state index contributed by atoms with van der Waals surface area (Å²) in [6.45, 7) is 6.49. The van der Waals surface area contributed by atoms with Gasteiger partial charge in [0.15, 0.2) is 5.13 Å². The fourth-order valence-corrected chi connectivity index (χ4v) is 5.46. The van der Waals surface area contributed by atoms with Crippen LogP contribution in [0.25, 0.3) is 10.2 Å². The van der Waals surface area contributed by atoms with Crippen LogP contribution in [-0.2, 0) is 4.74 Å². The molecule has 4 rings (SSSR count). The normalized spacial score (nSPS) is 14.6. The number of hydrogen-bond acceptors (Lipinski definition) is 9. The van der Waals surface area contributed by atoms with Gasteiger partial charge in [-0.2, -0.15) is 0 Å². The number of nitrogens with zero attached hydrogens (tertiary/aromatic N) is 4. The Morgan fingerprint density at radius 3 is 2.75 bits per heavy atom. The first kappa shape index (κ1) is 22.6. The van der Waals surface area contributed by atoms with Crippen molar-refractivity contribution >= 4 is 48.9 Å². The minimum absolute atomic E-state index is 0.0524. The van der Waals surface area contributed by atoms with Crippen molar-refractivity contribution in [1.29, 1.82) is 0 Å². The molecule has 1 aromatic carbocycles. The van der Waals surface area contributed by atoms with Crippen LogP contribution in [0, 0.1) is 17.0 Å². The minimum atomic E-state index is -0.476. The Hall–Kier alpha value is -2.60. The molecule has 1 saturated heterocycles. The number of rotatable bonds is 8. The molecule has 0 unspecified atom stereocenters. The van der Waals surface area contributed by atoms with Crippen molar-refractivity contribution < 1.29 is 19.2 Å². The Morgan fingerprint density at radius 1 is 1.28 bits per heavy atom. The summed E-state index contributed by atoms with van der Waals surface area (Å²) in [6, 6.07) is 6.72. The third-order valence-corrected chi connectivity index (χ3v) is 7.57. The summed E-state index contributed by atoms with van der Waals surface area (Å²) >= 11 is 2.32. The number of carbonyl (C=O) groups is 1. The summed E-state index contributed by atoms with van der Waals surface area (Å²) in [5, 5.41) is 11.6. The van der Waals surface area contributed by atoms with Crippen LogP contribution in [-0.4, -0.2) is 67.2 Å². The van der Waals surface area contributed by atoms with Gasteiger partial charge in [0.05, 0.1) is 34.8 Å². The van der Waals surface area contributed by atoms with Gasteiger partial charge >= 0.3 is 5.00 Å². The summed E-state index contributed by atoms with van der Waals surface area (Å²) in [5.74, 6) is 0.376. The zero-order valence-corrected chi connectivity index (χ0v) is 19.5. The molecule has 0 saturated carbocycles. The monoisotopic (exact) mass is 476 g/mol. The number of thiazole rings is 1. The van der Waals surface area contributed by atoms with Gasteiger partial charge in [0.25, 0.3) is 5.91 Å². The van der Waals surface area contributed by atoms with Crippen LogP contribution in [0.2, 0.25) is 0 Å². The highest BCUT2D eigenvalue weighted by atomic mass is 32.1. The van der Waals surface area contributed by atoms with Crippen LogP contribution < -0.4 is 9.64 Å². The van der Waals surface area contributed by atoms with Crippen LogP contribution in [0.15, 0.2) is 24.3 Å².